The number of amides is 1. The van der Waals surface area contributed by atoms with E-state index in [1.807, 2.05) is 31.1 Å². The van der Waals surface area contributed by atoms with Gasteiger partial charge in [-0.05, 0) is 30.2 Å². The quantitative estimate of drug-likeness (QED) is 0.645. The first-order chi connectivity index (χ1) is 15.4. The van der Waals surface area contributed by atoms with Crippen molar-refractivity contribution in [2.75, 3.05) is 38.7 Å². The van der Waals surface area contributed by atoms with E-state index >= 15 is 0 Å². The van der Waals surface area contributed by atoms with Gasteiger partial charge in [0.2, 0.25) is 11.9 Å². The van der Waals surface area contributed by atoms with Crippen molar-refractivity contribution in [2.24, 2.45) is 5.73 Å². The van der Waals surface area contributed by atoms with Crippen LogP contribution in [-0.4, -0.2) is 54.6 Å². The van der Waals surface area contributed by atoms with Crippen molar-refractivity contribution in [2.45, 2.75) is 19.6 Å². The highest BCUT2D eigenvalue weighted by atomic mass is 16.5. The summed E-state index contributed by atoms with van der Waals surface area (Å²) in [5.41, 5.74) is 11.0. The van der Waals surface area contributed by atoms with Crippen LogP contribution in [0.25, 0.3) is 11.1 Å². The predicted molar refractivity (Wildman–Crippen MR) is 125 cm³/mol. The fourth-order valence-corrected chi connectivity index (χ4v) is 3.99. The Morgan fingerprint density at radius 2 is 2.03 bits per heavy atom. The second kappa shape index (κ2) is 9.46. The Bertz CT molecular complexity index is 1110. The van der Waals surface area contributed by atoms with Crippen LogP contribution < -0.4 is 10.6 Å². The van der Waals surface area contributed by atoms with E-state index in [9.17, 15) is 4.79 Å². The Labute approximate surface area is 188 Å². The van der Waals surface area contributed by atoms with Gasteiger partial charge in [-0.15, -0.1) is 0 Å². The van der Waals surface area contributed by atoms with Gasteiger partial charge in [0.1, 0.15) is 6.10 Å². The molecule has 3 aromatic rings. The fraction of sp³-hybridized carbons (Fsp3) is 0.320. The second-order valence-corrected chi connectivity index (χ2v) is 8.39. The minimum atomic E-state index is -0.461. The molecule has 1 aliphatic rings. The van der Waals surface area contributed by atoms with Gasteiger partial charge >= 0.3 is 0 Å². The standard InChI is InChI=1S/C25H29N5O2/c1-17-6-4-7-18(12-17)15-30-10-11-32-22(16-30)23-21(14-27-25(28-23)29(2)3)19-8-5-9-20(13-19)24(26)31/h4-9,12-14,22H,10-11,15-16H2,1-3H3,(H2,26,31). The molecule has 1 unspecified atom stereocenters. The maximum Gasteiger partial charge on any atom is 0.248 e. The van der Waals surface area contributed by atoms with Crippen LogP contribution in [0.5, 0.6) is 0 Å². The Hall–Kier alpha value is -3.29. The lowest BCUT2D eigenvalue weighted by Crippen LogP contribution is -2.38. The van der Waals surface area contributed by atoms with Crippen molar-refractivity contribution < 1.29 is 9.53 Å². The van der Waals surface area contributed by atoms with Gasteiger partial charge in [0, 0.05) is 51.1 Å². The van der Waals surface area contributed by atoms with Crippen molar-refractivity contribution in [3.63, 3.8) is 0 Å². The summed E-state index contributed by atoms with van der Waals surface area (Å²) in [5, 5.41) is 0. The van der Waals surface area contributed by atoms with Crippen LogP contribution in [0.2, 0.25) is 0 Å². The number of hydrogen-bond donors (Lipinski definition) is 1. The van der Waals surface area contributed by atoms with Gasteiger partial charge in [-0.3, -0.25) is 9.69 Å². The molecular formula is C25H29N5O2. The first-order valence-corrected chi connectivity index (χ1v) is 10.7. The zero-order valence-electron chi connectivity index (χ0n) is 18.8. The van der Waals surface area contributed by atoms with Crippen LogP contribution in [0.3, 0.4) is 0 Å². The minimum Gasteiger partial charge on any atom is -0.369 e. The predicted octanol–water partition coefficient (Wildman–Crippen LogP) is 3.19. The summed E-state index contributed by atoms with van der Waals surface area (Å²) in [4.78, 5) is 25.3. The Morgan fingerprint density at radius 1 is 1.22 bits per heavy atom. The molecule has 1 aromatic heterocycles. The number of aryl methyl sites for hydroxylation is 1. The summed E-state index contributed by atoms with van der Waals surface area (Å²) in [6.45, 7) is 5.18. The number of nitrogens with zero attached hydrogens (tertiary/aromatic N) is 4. The molecule has 7 heteroatoms. The molecule has 2 N–H and O–H groups in total. The van der Waals surface area contributed by atoms with Gasteiger partial charge in [0.05, 0.1) is 12.3 Å². The van der Waals surface area contributed by atoms with Crippen molar-refractivity contribution in [1.82, 2.24) is 14.9 Å². The molecule has 2 aromatic carbocycles. The number of primary amides is 1. The number of anilines is 1. The van der Waals surface area contributed by atoms with E-state index in [4.69, 9.17) is 15.5 Å². The molecule has 0 aliphatic carbocycles. The Balaban J connectivity index is 1.67. The van der Waals surface area contributed by atoms with Crippen LogP contribution in [-0.2, 0) is 11.3 Å². The SMILES string of the molecule is Cc1cccc(CN2CCOC(c3nc(N(C)C)ncc3-c3cccc(C(N)=O)c3)C2)c1. The molecule has 0 bridgehead atoms. The highest BCUT2D eigenvalue weighted by molar-refractivity contribution is 5.94. The number of carbonyl (C=O) groups excluding carboxylic acids is 1. The van der Waals surface area contributed by atoms with E-state index in [-0.39, 0.29) is 6.10 Å². The summed E-state index contributed by atoms with van der Waals surface area (Å²) in [5.74, 6) is 0.159. The second-order valence-electron chi connectivity index (χ2n) is 8.39. The number of morpholine rings is 1. The molecule has 4 rings (SSSR count). The van der Waals surface area contributed by atoms with E-state index in [2.05, 4.69) is 41.1 Å². The Kier molecular flexibility index (Phi) is 6.48. The lowest BCUT2D eigenvalue weighted by molar-refractivity contribution is -0.0347. The zero-order chi connectivity index (χ0) is 22.7. The number of carbonyl (C=O) groups is 1. The van der Waals surface area contributed by atoms with E-state index in [1.54, 1.807) is 18.3 Å². The Morgan fingerprint density at radius 3 is 2.78 bits per heavy atom. The number of nitrogens with two attached hydrogens (primary N) is 1. The third-order valence-electron chi connectivity index (χ3n) is 5.61. The van der Waals surface area contributed by atoms with Crippen LogP contribution >= 0.6 is 0 Å². The van der Waals surface area contributed by atoms with E-state index < -0.39 is 5.91 Å². The molecule has 1 amide bonds. The molecule has 1 atom stereocenters. The molecule has 0 spiro atoms. The first kappa shape index (κ1) is 21.9. The average Bonchev–Trinajstić information content (AvgIpc) is 2.79. The summed E-state index contributed by atoms with van der Waals surface area (Å²) in [6.07, 6.45) is 1.60. The highest BCUT2D eigenvalue weighted by Crippen LogP contribution is 2.32. The maximum absolute atomic E-state index is 11.7. The molecular weight excluding hydrogens is 402 g/mol. The molecule has 32 heavy (non-hydrogen) atoms. The van der Waals surface area contributed by atoms with E-state index in [1.165, 1.54) is 11.1 Å². The van der Waals surface area contributed by atoms with Crippen molar-refractivity contribution in [1.29, 1.82) is 0 Å². The van der Waals surface area contributed by atoms with Gasteiger partial charge in [0.15, 0.2) is 0 Å². The highest BCUT2D eigenvalue weighted by Gasteiger charge is 2.27. The summed E-state index contributed by atoms with van der Waals surface area (Å²) >= 11 is 0. The fourth-order valence-electron chi connectivity index (χ4n) is 3.99. The first-order valence-electron chi connectivity index (χ1n) is 10.7. The molecule has 166 valence electrons. The third-order valence-corrected chi connectivity index (χ3v) is 5.61. The smallest absolute Gasteiger partial charge is 0.248 e. The molecule has 0 radical (unpaired) electrons. The number of hydrogen-bond acceptors (Lipinski definition) is 6. The lowest BCUT2D eigenvalue weighted by atomic mass is 9.99. The van der Waals surface area contributed by atoms with Crippen LogP contribution in [0.1, 0.15) is 33.3 Å². The summed E-state index contributed by atoms with van der Waals surface area (Å²) < 4.78 is 6.19. The third kappa shape index (κ3) is 4.95. The summed E-state index contributed by atoms with van der Waals surface area (Å²) in [7, 11) is 3.83. The molecule has 2 heterocycles. The number of benzene rings is 2. The van der Waals surface area contributed by atoms with Gasteiger partial charge in [0.25, 0.3) is 0 Å². The van der Waals surface area contributed by atoms with Crippen LogP contribution in [0.15, 0.2) is 54.7 Å². The number of ether oxygens (including phenoxy) is 1. The van der Waals surface area contributed by atoms with Crippen molar-refractivity contribution >= 4 is 11.9 Å². The largest absolute Gasteiger partial charge is 0.369 e. The molecule has 1 aliphatic heterocycles. The molecule has 0 saturated carbocycles. The minimum absolute atomic E-state index is 0.206. The topological polar surface area (TPSA) is 84.6 Å². The number of rotatable bonds is 6. The van der Waals surface area contributed by atoms with Gasteiger partial charge < -0.3 is 15.4 Å². The molecule has 7 nitrogen and oxygen atoms in total. The molecule has 1 saturated heterocycles. The van der Waals surface area contributed by atoms with Gasteiger partial charge in [-0.25, -0.2) is 9.97 Å². The van der Waals surface area contributed by atoms with E-state index in [0.717, 1.165) is 36.5 Å². The van der Waals surface area contributed by atoms with Crippen LogP contribution in [0, 0.1) is 6.92 Å². The lowest BCUT2D eigenvalue weighted by Gasteiger charge is -2.33. The van der Waals surface area contributed by atoms with Crippen molar-refractivity contribution in [3.05, 3.63) is 77.1 Å². The van der Waals surface area contributed by atoms with Crippen molar-refractivity contribution in [3.8, 4) is 11.1 Å². The van der Waals surface area contributed by atoms with Crippen LogP contribution in [0.4, 0.5) is 5.95 Å². The molecule has 1 fully saturated rings. The van der Waals surface area contributed by atoms with Gasteiger partial charge in [-0.2, -0.15) is 0 Å². The average molecular weight is 432 g/mol. The zero-order valence-corrected chi connectivity index (χ0v) is 18.8. The summed E-state index contributed by atoms with van der Waals surface area (Å²) in [6, 6.07) is 15.9. The number of aromatic nitrogens is 2. The maximum atomic E-state index is 11.7. The van der Waals surface area contributed by atoms with E-state index in [0.29, 0.717) is 18.1 Å². The monoisotopic (exact) mass is 431 g/mol. The normalized spacial score (nSPS) is 16.7. The van der Waals surface area contributed by atoms with Gasteiger partial charge in [-0.1, -0.05) is 42.0 Å².